The largest absolute Gasteiger partial charge is 0.497 e. The number of aromatic amines is 2. The molecule has 0 spiro atoms. The van der Waals surface area contributed by atoms with Crippen LogP contribution < -0.4 is 24.2 Å². The molecule has 111 heavy (non-hydrogen) atoms. The van der Waals surface area contributed by atoms with Crippen molar-refractivity contribution in [3.63, 3.8) is 0 Å². The molecule has 546 valence electrons. The lowest BCUT2D eigenvalue weighted by Crippen LogP contribution is -2.21. The van der Waals surface area contributed by atoms with Crippen LogP contribution in [0, 0.1) is 41.3 Å². The van der Waals surface area contributed by atoms with Crippen LogP contribution in [0.15, 0.2) is 213 Å². The molecule has 0 saturated carbocycles. The van der Waals surface area contributed by atoms with E-state index in [1.807, 2.05) is 78.9 Å². The maximum Gasteiger partial charge on any atom is 0.471 e. The first-order valence-electron chi connectivity index (χ1n) is 35.2. The van der Waals surface area contributed by atoms with Crippen LogP contribution in [0.3, 0.4) is 0 Å². The molecule has 18 rings (SSSR count). The summed E-state index contributed by atoms with van der Waals surface area (Å²) in [5, 5.41) is 20.4. The number of benzene rings is 6. The molecular weight excluding hydrogens is 1430 g/mol. The van der Waals surface area contributed by atoms with Gasteiger partial charge in [0.25, 0.3) is 0 Å². The maximum absolute atomic E-state index is 14.6. The molecule has 3 aliphatic rings. The van der Waals surface area contributed by atoms with Crippen LogP contribution >= 0.6 is 7.82 Å². The van der Waals surface area contributed by atoms with Crippen molar-refractivity contribution in [2.24, 2.45) is 0 Å². The number of methoxy groups -OCH3 is 2. The molecule has 15 aromatic rings. The van der Waals surface area contributed by atoms with E-state index in [9.17, 15) is 8.96 Å². The molecule has 27 nitrogen and oxygen atoms in total. The second kappa shape index (κ2) is 32.2. The highest BCUT2D eigenvalue weighted by atomic mass is 31.2. The molecule has 9 aromatic heterocycles. The molecule has 0 amide bonds. The molecule has 12 heterocycles. The monoisotopic (exact) mass is 1490 g/mol. The van der Waals surface area contributed by atoms with Gasteiger partial charge in [-0.1, -0.05) is 66.3 Å². The van der Waals surface area contributed by atoms with Gasteiger partial charge in [0.15, 0.2) is 30.0 Å². The van der Waals surface area contributed by atoms with Crippen molar-refractivity contribution in [3.05, 3.63) is 275 Å². The number of nitrogens with one attached hydrogen (secondary N) is 2. The SMILES string of the molecule is C(#Cc1ccnc(-c2ccnc(N3CCC(c4ccccc4)C3)n2)n1)c1ccc2[nH]ncc2c1.COc1ccc2c(c1)CN(c1nccc(-c3nccc(C#Cc4cc(F)c5nn(COP(=O)(O)O)cc5c4)n3)n1)C2.COc1cccc(C2CCN(c3nccc(-c4nccc(C#Cc5ccc6[nH]ncc6c5)n4)n3)C2)c1. The van der Waals surface area contributed by atoms with Crippen LogP contribution in [-0.4, -0.2) is 140 Å². The zero-order valence-corrected chi connectivity index (χ0v) is 60.5. The van der Waals surface area contributed by atoms with Gasteiger partial charge in [0.2, 0.25) is 17.8 Å². The molecule has 0 bridgehead atoms. The minimum atomic E-state index is -4.69. The predicted octanol–water partition coefficient (Wildman–Crippen LogP) is 11.8. The summed E-state index contributed by atoms with van der Waals surface area (Å²) in [5.41, 5.74) is 12.7. The molecule has 4 N–H and O–H groups in total. The Labute approximate surface area is 634 Å². The number of rotatable bonds is 13. The summed E-state index contributed by atoms with van der Waals surface area (Å²) in [6, 6.07) is 50.2. The molecule has 0 radical (unpaired) electrons. The van der Waals surface area contributed by atoms with Gasteiger partial charge in [0.05, 0.1) is 37.6 Å². The lowest BCUT2D eigenvalue weighted by atomic mass is 9.98. The fraction of sp³-hybridized carbons (Fsp3) is 0.159. The number of phosphoric acid groups is 1. The Morgan fingerprint density at radius 3 is 1.53 bits per heavy atom. The van der Waals surface area contributed by atoms with Gasteiger partial charge >= 0.3 is 7.82 Å². The lowest BCUT2D eigenvalue weighted by Gasteiger charge is -2.17. The van der Waals surface area contributed by atoms with E-state index in [-0.39, 0.29) is 5.52 Å². The Morgan fingerprint density at radius 1 is 0.486 bits per heavy atom. The topological polar surface area (TPSA) is 325 Å². The third-order valence-corrected chi connectivity index (χ3v) is 19.1. The Bertz CT molecular complexity index is 6200. The van der Waals surface area contributed by atoms with Gasteiger partial charge in [0, 0.05) is 127 Å². The van der Waals surface area contributed by atoms with Crippen molar-refractivity contribution in [3.8, 4) is 81.6 Å². The average molecular weight is 1490 g/mol. The van der Waals surface area contributed by atoms with Gasteiger partial charge in [-0.3, -0.25) is 14.7 Å². The van der Waals surface area contributed by atoms with Gasteiger partial charge in [-0.15, -0.1) is 0 Å². The fourth-order valence-electron chi connectivity index (χ4n) is 13.1. The van der Waals surface area contributed by atoms with E-state index in [1.165, 1.54) is 29.0 Å². The first-order valence-corrected chi connectivity index (χ1v) is 36.7. The number of H-pyrrole nitrogens is 2. The number of ether oxygens (including phenoxy) is 2. The first kappa shape index (κ1) is 71.2. The number of hydrogen-bond acceptors (Lipinski definition) is 22. The highest BCUT2D eigenvalue weighted by Crippen LogP contribution is 2.37. The number of fused-ring (bicyclic) bond motifs is 4. The summed E-state index contributed by atoms with van der Waals surface area (Å²) in [6.07, 6.45) is 17.3. The van der Waals surface area contributed by atoms with Gasteiger partial charge in [-0.25, -0.2) is 73.4 Å². The number of phosphoric ester groups is 1. The summed E-state index contributed by atoms with van der Waals surface area (Å²) >= 11 is 0. The molecule has 2 fully saturated rings. The van der Waals surface area contributed by atoms with Gasteiger partial charge in [-0.2, -0.15) is 15.3 Å². The number of hydrogen-bond donors (Lipinski definition) is 4. The lowest BCUT2D eigenvalue weighted by molar-refractivity contribution is 0.146. The van der Waals surface area contributed by atoms with E-state index in [1.54, 1.807) is 94.1 Å². The zero-order chi connectivity index (χ0) is 75.6. The highest BCUT2D eigenvalue weighted by Gasteiger charge is 2.29. The van der Waals surface area contributed by atoms with Crippen LogP contribution in [0.2, 0.25) is 0 Å². The molecule has 0 aliphatic carbocycles. The van der Waals surface area contributed by atoms with Crippen molar-refractivity contribution in [2.75, 3.05) is 55.1 Å². The van der Waals surface area contributed by atoms with E-state index in [2.05, 4.69) is 173 Å². The summed E-state index contributed by atoms with van der Waals surface area (Å²) in [4.78, 5) is 78.9. The summed E-state index contributed by atoms with van der Waals surface area (Å²) in [6.45, 7) is 4.36. The second-order valence-corrected chi connectivity index (χ2v) is 27.2. The van der Waals surface area contributed by atoms with Crippen LogP contribution in [-0.2, 0) is 28.9 Å². The van der Waals surface area contributed by atoms with Gasteiger partial charge in [0.1, 0.15) is 51.2 Å². The second-order valence-electron chi connectivity index (χ2n) is 26.0. The van der Waals surface area contributed by atoms with Gasteiger partial charge in [-0.05, 0) is 162 Å². The summed E-state index contributed by atoms with van der Waals surface area (Å²) in [7, 11) is -1.36. The van der Waals surface area contributed by atoms with Crippen molar-refractivity contribution in [1.29, 1.82) is 0 Å². The molecule has 2 saturated heterocycles. The van der Waals surface area contributed by atoms with Gasteiger partial charge < -0.3 is 34.0 Å². The quantitative estimate of drug-likeness (QED) is 0.0615. The Kier molecular flexibility index (Phi) is 20.6. The van der Waals surface area contributed by atoms with E-state index >= 15 is 0 Å². The summed E-state index contributed by atoms with van der Waals surface area (Å²) in [5.74, 6) is 23.8. The van der Waals surface area contributed by atoms with Crippen LogP contribution in [0.5, 0.6) is 11.5 Å². The fourth-order valence-corrected chi connectivity index (χ4v) is 13.4. The predicted molar refractivity (Wildman–Crippen MR) is 414 cm³/mol. The van der Waals surface area contributed by atoms with E-state index < -0.39 is 20.4 Å². The molecule has 2 unspecified atom stereocenters. The highest BCUT2D eigenvalue weighted by molar-refractivity contribution is 7.46. The van der Waals surface area contributed by atoms with Crippen molar-refractivity contribution >= 4 is 58.4 Å². The van der Waals surface area contributed by atoms with Crippen LogP contribution in [0.4, 0.5) is 22.2 Å². The molecule has 6 aromatic carbocycles. The minimum absolute atomic E-state index is 0.0222. The third kappa shape index (κ3) is 17.2. The van der Waals surface area contributed by atoms with Crippen LogP contribution in [0.1, 0.15) is 80.7 Å². The van der Waals surface area contributed by atoms with Crippen molar-refractivity contribution in [1.82, 2.24) is 90.0 Å². The average Bonchev–Trinajstić information content (AvgIpc) is 1.64. The van der Waals surface area contributed by atoms with Crippen molar-refractivity contribution < 1.29 is 32.7 Å². The first-order chi connectivity index (χ1) is 54.3. The molecular formula is C82H65FN21O6P. The zero-order valence-electron chi connectivity index (χ0n) is 59.6. The van der Waals surface area contributed by atoms with Crippen LogP contribution in [0.25, 0.3) is 67.3 Å². The number of aromatic nitrogens is 18. The number of halogens is 1. The minimum Gasteiger partial charge on any atom is -0.497 e. The smallest absolute Gasteiger partial charge is 0.471 e. The van der Waals surface area contributed by atoms with E-state index in [0.29, 0.717) is 105 Å². The normalized spacial score (nSPS) is 14.3. The standard InChI is InChI=1S/C28H23N7O.C27H21FN7O5P.C27H21N7/c1-36-24-4-2-3-20(16-24)21-11-14-35(18-21)28-30-13-10-26(33-28)27-29-12-9-23(32-27)7-5-19-6-8-25-22(15-19)17-31-34-25;1-39-22-5-3-18-13-34(14-19(18)12-22)27-30-9-7-24(32-27)26-29-8-6-21(31-26)4-2-17-10-20-15-35(16-40-41(36,37)38)33-25(20)23(28)11-17;1-2-4-20(5-3-1)21-12-15-34(18-21)27-29-14-11-25(32-27)26-28-13-10-23(31-26)8-6-19-7-9-24-22(16-19)17-30-33-24/h2-4,6,8-10,12-13,15-17,21H,11,14,18H2,1H3,(H,31,34);3,5-12,15H,13-14,16H2,1H3,(H2,36,37,38);1-5,7,9-11,13-14,16-17,21H,12,15,18H2,(H,30,33). The number of anilines is 3. The maximum atomic E-state index is 14.6. The number of nitrogens with zero attached hydrogens (tertiary/aromatic N) is 19. The van der Waals surface area contributed by atoms with E-state index in [4.69, 9.17) is 29.2 Å². The molecule has 29 heteroatoms. The van der Waals surface area contributed by atoms with E-state index in [0.717, 1.165) is 93.7 Å². The summed E-state index contributed by atoms with van der Waals surface area (Å²) < 4.78 is 41.8. The molecule has 3 aliphatic heterocycles. The Hall–Kier alpha value is -14.1. The Morgan fingerprint density at radius 2 is 0.982 bits per heavy atom. The Balaban J connectivity index is 0.000000127. The third-order valence-electron chi connectivity index (χ3n) is 18.6. The molecule has 2 atom stereocenters. The van der Waals surface area contributed by atoms with Crippen molar-refractivity contribution in [2.45, 2.75) is 44.5 Å².